The van der Waals surface area contributed by atoms with E-state index in [1.807, 2.05) is 19.1 Å². The van der Waals surface area contributed by atoms with Crippen molar-refractivity contribution in [3.63, 3.8) is 0 Å². The molecule has 1 aromatic carbocycles. The number of oxazole rings is 1. The van der Waals surface area contributed by atoms with Gasteiger partial charge in [0.2, 0.25) is 5.71 Å². The Bertz CT molecular complexity index is 929. The number of fused-ring (bicyclic) bond motifs is 1. The Morgan fingerprint density at radius 1 is 1.43 bits per heavy atom. The number of terminal acetylenes is 1. The molecule has 0 aliphatic heterocycles. The van der Waals surface area contributed by atoms with Crippen LogP contribution < -0.4 is 5.56 Å². The Balaban J connectivity index is 2.47. The predicted octanol–water partition coefficient (Wildman–Crippen LogP) is 2.30. The molecule has 0 bridgehead atoms. The molecule has 3 aromatic rings. The number of aromatic nitrogens is 2. The zero-order valence-electron chi connectivity index (χ0n) is 11.3. The van der Waals surface area contributed by atoms with Gasteiger partial charge in [-0.05, 0) is 18.1 Å². The maximum atomic E-state index is 12.7. The number of hydrogen-bond donors (Lipinski definition) is 1. The summed E-state index contributed by atoms with van der Waals surface area (Å²) >= 11 is 0. The van der Waals surface area contributed by atoms with Crippen molar-refractivity contribution in [2.24, 2.45) is 0 Å². The second kappa shape index (κ2) is 4.84. The molecule has 2 aromatic heterocycles. The maximum Gasteiger partial charge on any atom is 0.265 e. The zero-order valence-corrected chi connectivity index (χ0v) is 11.3. The maximum absolute atomic E-state index is 12.7. The van der Waals surface area contributed by atoms with Gasteiger partial charge in [-0.3, -0.25) is 9.36 Å². The van der Waals surface area contributed by atoms with Crippen molar-refractivity contribution in [2.45, 2.75) is 13.5 Å². The van der Waals surface area contributed by atoms with Gasteiger partial charge in [-0.25, -0.2) is 4.98 Å². The summed E-state index contributed by atoms with van der Waals surface area (Å²) in [5.41, 5.74) is 1.71. The summed E-state index contributed by atoms with van der Waals surface area (Å²) in [6.07, 6.45) is 6.49. The van der Waals surface area contributed by atoms with Crippen molar-refractivity contribution >= 4 is 11.2 Å². The minimum atomic E-state index is -0.399. The Kier molecular flexibility index (Phi) is 2.99. The van der Waals surface area contributed by atoms with Crippen molar-refractivity contribution in [2.75, 3.05) is 0 Å². The average molecular weight is 280 g/mol. The fourth-order valence-electron chi connectivity index (χ4n) is 2.37. The van der Waals surface area contributed by atoms with Gasteiger partial charge < -0.3 is 9.52 Å². The molecule has 1 N–H and O–H groups in total. The van der Waals surface area contributed by atoms with Crippen LogP contribution in [0.15, 0.2) is 39.9 Å². The third-order valence-corrected chi connectivity index (χ3v) is 3.38. The quantitative estimate of drug-likeness (QED) is 0.731. The van der Waals surface area contributed by atoms with Crippen LogP contribution in [0.4, 0.5) is 0 Å². The van der Waals surface area contributed by atoms with Gasteiger partial charge in [0.25, 0.3) is 5.56 Å². The molecular formula is C16H12N2O3. The number of nitrogens with zero attached hydrogens (tertiary/aromatic N) is 2. The molecule has 3 rings (SSSR count). The minimum absolute atomic E-state index is 0.0453. The van der Waals surface area contributed by atoms with Crippen LogP contribution in [-0.4, -0.2) is 14.7 Å². The molecule has 0 spiro atoms. The van der Waals surface area contributed by atoms with E-state index in [1.165, 1.54) is 11.0 Å². The number of benzene rings is 1. The molecule has 2 heterocycles. The van der Waals surface area contributed by atoms with Crippen LogP contribution in [0.25, 0.3) is 22.4 Å². The number of aromatic hydroxyl groups is 1. The molecule has 0 saturated carbocycles. The molecule has 21 heavy (non-hydrogen) atoms. The van der Waals surface area contributed by atoms with Crippen molar-refractivity contribution < 1.29 is 9.52 Å². The van der Waals surface area contributed by atoms with Gasteiger partial charge in [0.1, 0.15) is 0 Å². The van der Waals surface area contributed by atoms with E-state index in [2.05, 4.69) is 10.9 Å². The molecule has 0 amide bonds. The number of aryl methyl sites for hydroxylation is 1. The second-order valence-electron chi connectivity index (χ2n) is 4.64. The van der Waals surface area contributed by atoms with E-state index in [1.54, 1.807) is 12.1 Å². The first-order valence-corrected chi connectivity index (χ1v) is 6.33. The molecule has 0 radical (unpaired) electrons. The van der Waals surface area contributed by atoms with Gasteiger partial charge in [0.05, 0.1) is 12.1 Å². The summed E-state index contributed by atoms with van der Waals surface area (Å²) < 4.78 is 6.48. The molecule has 0 aliphatic carbocycles. The Labute approximate surface area is 120 Å². The van der Waals surface area contributed by atoms with E-state index < -0.39 is 5.56 Å². The van der Waals surface area contributed by atoms with Crippen LogP contribution in [0.3, 0.4) is 0 Å². The molecule has 0 saturated heterocycles. The summed E-state index contributed by atoms with van der Waals surface area (Å²) in [6, 6.07) is 7.31. The van der Waals surface area contributed by atoms with Crippen LogP contribution >= 0.6 is 0 Å². The zero-order chi connectivity index (χ0) is 15.0. The molecular weight excluding hydrogens is 268 g/mol. The molecule has 5 nitrogen and oxygen atoms in total. The van der Waals surface area contributed by atoms with Crippen molar-refractivity contribution in [1.29, 1.82) is 0 Å². The van der Waals surface area contributed by atoms with Crippen molar-refractivity contribution in [3.05, 3.63) is 46.6 Å². The lowest BCUT2D eigenvalue weighted by atomic mass is 10.0. The van der Waals surface area contributed by atoms with E-state index in [0.717, 1.165) is 5.56 Å². The first-order chi connectivity index (χ1) is 10.1. The summed E-state index contributed by atoms with van der Waals surface area (Å²) in [6.45, 7) is 1.91. The monoisotopic (exact) mass is 280 g/mol. The van der Waals surface area contributed by atoms with Crippen LogP contribution in [0.1, 0.15) is 5.56 Å². The predicted molar refractivity (Wildman–Crippen MR) is 78.9 cm³/mol. The molecule has 104 valence electrons. The molecule has 5 heteroatoms. The highest BCUT2D eigenvalue weighted by molar-refractivity contribution is 5.87. The smallest absolute Gasteiger partial charge is 0.265 e. The van der Waals surface area contributed by atoms with Crippen LogP contribution in [0, 0.1) is 19.3 Å². The highest BCUT2D eigenvalue weighted by atomic mass is 16.3. The Morgan fingerprint density at radius 2 is 2.19 bits per heavy atom. The number of hydrogen-bond acceptors (Lipinski definition) is 4. The van der Waals surface area contributed by atoms with Gasteiger partial charge in [-0.2, -0.15) is 0 Å². The summed E-state index contributed by atoms with van der Waals surface area (Å²) in [5.74, 6) is 2.22. The van der Waals surface area contributed by atoms with Crippen LogP contribution in [0.2, 0.25) is 0 Å². The molecule has 0 aliphatic rings. The lowest BCUT2D eigenvalue weighted by Crippen LogP contribution is -2.22. The molecule has 0 atom stereocenters. The van der Waals surface area contributed by atoms with E-state index in [9.17, 15) is 9.90 Å². The van der Waals surface area contributed by atoms with Crippen molar-refractivity contribution in [3.8, 4) is 29.2 Å². The fourth-order valence-corrected chi connectivity index (χ4v) is 2.37. The molecule has 0 unspecified atom stereocenters. The number of pyridine rings is 1. The normalized spacial score (nSPS) is 10.7. The lowest BCUT2D eigenvalue weighted by molar-refractivity contribution is 0.479. The van der Waals surface area contributed by atoms with E-state index in [4.69, 9.17) is 10.8 Å². The van der Waals surface area contributed by atoms with Gasteiger partial charge >= 0.3 is 0 Å². The third-order valence-electron chi connectivity index (χ3n) is 3.38. The average Bonchev–Trinajstić information content (AvgIpc) is 2.95. The van der Waals surface area contributed by atoms with E-state index in [0.29, 0.717) is 5.56 Å². The first-order valence-electron chi connectivity index (χ1n) is 6.33. The van der Waals surface area contributed by atoms with E-state index >= 15 is 0 Å². The van der Waals surface area contributed by atoms with Gasteiger partial charge in [0, 0.05) is 0 Å². The standard InChI is InChI=1S/C16H12N2O3/c1-3-8-18-15(20)12(11-7-5-4-6-10(11)2)14(19)13-16(18)21-9-17-13/h1,4-7,9,19H,8H2,2H3. The molecule has 0 fully saturated rings. The van der Waals surface area contributed by atoms with E-state index in [-0.39, 0.29) is 29.1 Å². The Morgan fingerprint density at radius 3 is 2.90 bits per heavy atom. The first kappa shape index (κ1) is 13.0. The summed E-state index contributed by atoms with van der Waals surface area (Å²) in [7, 11) is 0. The topological polar surface area (TPSA) is 68.3 Å². The summed E-state index contributed by atoms with van der Waals surface area (Å²) in [4.78, 5) is 16.6. The minimum Gasteiger partial charge on any atom is -0.505 e. The largest absolute Gasteiger partial charge is 0.505 e. The number of rotatable bonds is 2. The SMILES string of the molecule is C#CCn1c(=O)c(-c2ccccc2C)c(O)c2ncoc21. The third kappa shape index (κ3) is 1.89. The summed E-state index contributed by atoms with van der Waals surface area (Å²) in [5, 5.41) is 10.4. The fraction of sp³-hybridized carbons (Fsp3) is 0.125. The van der Waals surface area contributed by atoms with Gasteiger partial charge in [-0.15, -0.1) is 6.42 Å². The van der Waals surface area contributed by atoms with Crippen LogP contribution in [0.5, 0.6) is 5.75 Å². The lowest BCUT2D eigenvalue weighted by Gasteiger charge is -2.10. The Hall–Kier alpha value is -3.00. The highest BCUT2D eigenvalue weighted by Gasteiger charge is 2.21. The highest BCUT2D eigenvalue weighted by Crippen LogP contribution is 2.33. The van der Waals surface area contributed by atoms with Gasteiger partial charge in [0.15, 0.2) is 17.7 Å². The van der Waals surface area contributed by atoms with Crippen LogP contribution in [-0.2, 0) is 6.54 Å². The van der Waals surface area contributed by atoms with Crippen molar-refractivity contribution in [1.82, 2.24) is 9.55 Å². The van der Waals surface area contributed by atoms with Gasteiger partial charge in [-0.1, -0.05) is 30.2 Å². The second-order valence-corrected chi connectivity index (χ2v) is 4.64.